The molecule has 32 heavy (non-hydrogen) atoms. The number of thiazole rings is 1. The quantitative estimate of drug-likeness (QED) is 0.432. The largest absolute Gasteiger partial charge is 0.378 e. The number of halogens is 1. The summed E-state index contributed by atoms with van der Waals surface area (Å²) < 4.78 is 25.6. The molecule has 2 aromatic rings. The number of aromatic nitrogens is 1. The SMILES string of the molecule is CN(C)c1ccc(NC(=O)Nc2nc(CNS(C)(=O)=O)c(Br)s2)c(C(=O)C2CCCC2)c1. The number of carbonyl (C=O) groups is 2. The second kappa shape index (κ2) is 10.3. The molecule has 174 valence electrons. The molecule has 0 spiro atoms. The molecule has 0 aliphatic heterocycles. The van der Waals surface area contributed by atoms with E-state index in [-0.39, 0.29) is 18.2 Å². The van der Waals surface area contributed by atoms with Gasteiger partial charge in [-0.2, -0.15) is 0 Å². The van der Waals surface area contributed by atoms with Crippen molar-refractivity contribution in [3.05, 3.63) is 33.2 Å². The van der Waals surface area contributed by atoms with E-state index in [0.29, 0.717) is 25.9 Å². The zero-order valence-electron chi connectivity index (χ0n) is 18.1. The zero-order valence-corrected chi connectivity index (χ0v) is 21.3. The number of rotatable bonds is 8. The number of benzene rings is 1. The third-order valence-corrected chi connectivity index (χ3v) is 7.54. The van der Waals surface area contributed by atoms with Crippen LogP contribution in [-0.4, -0.2) is 45.6 Å². The fraction of sp³-hybridized carbons (Fsp3) is 0.450. The lowest BCUT2D eigenvalue weighted by molar-refractivity contribution is 0.0924. The second-order valence-electron chi connectivity index (χ2n) is 7.88. The third-order valence-electron chi connectivity index (χ3n) is 5.13. The Kier molecular flexibility index (Phi) is 7.91. The number of ketones is 1. The van der Waals surface area contributed by atoms with E-state index in [1.165, 1.54) is 11.3 Å². The van der Waals surface area contributed by atoms with E-state index in [4.69, 9.17) is 0 Å². The van der Waals surface area contributed by atoms with Crippen molar-refractivity contribution >= 4 is 65.6 Å². The highest BCUT2D eigenvalue weighted by Gasteiger charge is 2.26. The molecule has 3 rings (SSSR count). The molecule has 1 saturated carbocycles. The minimum atomic E-state index is -3.36. The fourth-order valence-corrected chi connectivity index (χ4v) is 5.27. The standard InChI is InChI=1S/C20H26BrN5O4S2/c1-26(2)13-8-9-15(14(10-13)17(27)12-6-4-5-7-12)23-19(28)25-20-24-16(18(21)31-20)11-22-32(3,29)30/h8-10,12,22H,4-7,11H2,1-3H3,(H2,23,24,25,28). The number of nitrogens with zero attached hydrogens (tertiary/aromatic N) is 2. The topological polar surface area (TPSA) is 120 Å². The maximum Gasteiger partial charge on any atom is 0.325 e. The van der Waals surface area contributed by atoms with Crippen LogP contribution in [0.25, 0.3) is 0 Å². The summed E-state index contributed by atoms with van der Waals surface area (Å²) >= 11 is 4.50. The summed E-state index contributed by atoms with van der Waals surface area (Å²) in [5, 5.41) is 5.71. The first kappa shape index (κ1) is 24.6. The molecule has 0 unspecified atom stereocenters. The van der Waals surface area contributed by atoms with Crippen molar-refractivity contribution in [3.63, 3.8) is 0 Å². The molecule has 1 aromatic heterocycles. The molecule has 9 nitrogen and oxygen atoms in total. The number of amides is 2. The van der Waals surface area contributed by atoms with Crippen LogP contribution in [0.4, 0.5) is 21.3 Å². The van der Waals surface area contributed by atoms with Crippen LogP contribution in [0.2, 0.25) is 0 Å². The number of Topliss-reactive ketones (excluding diaryl/α,β-unsaturated/α-hetero) is 1. The van der Waals surface area contributed by atoms with Crippen molar-refractivity contribution in [2.24, 2.45) is 5.92 Å². The number of anilines is 3. The van der Waals surface area contributed by atoms with Crippen LogP contribution < -0.4 is 20.3 Å². The lowest BCUT2D eigenvalue weighted by atomic mass is 9.94. The van der Waals surface area contributed by atoms with Crippen molar-refractivity contribution in [3.8, 4) is 0 Å². The Balaban J connectivity index is 1.75. The molecular formula is C20H26BrN5O4S2. The van der Waals surface area contributed by atoms with E-state index in [9.17, 15) is 18.0 Å². The van der Waals surface area contributed by atoms with Gasteiger partial charge >= 0.3 is 6.03 Å². The molecule has 0 saturated heterocycles. The molecule has 1 fully saturated rings. The van der Waals surface area contributed by atoms with Crippen LogP contribution >= 0.6 is 27.3 Å². The Bertz CT molecular complexity index is 1110. The first-order chi connectivity index (χ1) is 15.0. The van der Waals surface area contributed by atoms with Gasteiger partial charge in [0.2, 0.25) is 10.0 Å². The van der Waals surface area contributed by atoms with Gasteiger partial charge in [0.05, 0.1) is 28.0 Å². The summed E-state index contributed by atoms with van der Waals surface area (Å²) in [7, 11) is 0.432. The molecule has 1 aromatic carbocycles. The monoisotopic (exact) mass is 543 g/mol. The van der Waals surface area contributed by atoms with E-state index >= 15 is 0 Å². The summed E-state index contributed by atoms with van der Waals surface area (Å²) in [5.41, 5.74) is 2.28. The maximum atomic E-state index is 13.1. The highest BCUT2D eigenvalue weighted by Crippen LogP contribution is 2.33. The Morgan fingerprint density at radius 1 is 1.22 bits per heavy atom. The molecule has 1 aliphatic carbocycles. The molecule has 0 atom stereocenters. The van der Waals surface area contributed by atoms with Gasteiger partial charge in [-0.1, -0.05) is 24.2 Å². The maximum absolute atomic E-state index is 13.1. The molecular weight excluding hydrogens is 518 g/mol. The lowest BCUT2D eigenvalue weighted by Crippen LogP contribution is -2.23. The molecule has 3 N–H and O–H groups in total. The predicted octanol–water partition coefficient (Wildman–Crippen LogP) is 4.04. The Morgan fingerprint density at radius 2 is 1.91 bits per heavy atom. The van der Waals surface area contributed by atoms with Crippen LogP contribution in [0.1, 0.15) is 41.7 Å². The second-order valence-corrected chi connectivity index (χ2v) is 12.0. The van der Waals surface area contributed by atoms with Gasteiger partial charge in [-0.25, -0.2) is 22.9 Å². The molecule has 1 heterocycles. The van der Waals surface area contributed by atoms with E-state index in [1.54, 1.807) is 6.07 Å². The first-order valence-corrected chi connectivity index (χ1v) is 13.6. The predicted molar refractivity (Wildman–Crippen MR) is 131 cm³/mol. The summed E-state index contributed by atoms with van der Waals surface area (Å²) in [4.78, 5) is 31.9. The van der Waals surface area contributed by atoms with Crippen LogP contribution in [0.15, 0.2) is 22.0 Å². The fourth-order valence-electron chi connectivity index (χ4n) is 3.48. The van der Waals surface area contributed by atoms with Crippen molar-refractivity contribution in [1.29, 1.82) is 0 Å². The number of hydrogen-bond donors (Lipinski definition) is 3. The number of nitrogens with one attached hydrogen (secondary N) is 3. The van der Waals surface area contributed by atoms with Gasteiger partial charge in [0.25, 0.3) is 0 Å². The molecule has 2 amide bonds. The van der Waals surface area contributed by atoms with E-state index in [1.807, 2.05) is 31.1 Å². The van der Waals surface area contributed by atoms with Gasteiger partial charge in [0.1, 0.15) is 0 Å². The van der Waals surface area contributed by atoms with E-state index in [2.05, 4.69) is 36.3 Å². The third kappa shape index (κ3) is 6.50. The number of hydrogen-bond acceptors (Lipinski definition) is 7. The van der Waals surface area contributed by atoms with Crippen molar-refractivity contribution in [2.45, 2.75) is 32.2 Å². The van der Waals surface area contributed by atoms with Crippen LogP contribution in [-0.2, 0) is 16.6 Å². The summed E-state index contributed by atoms with van der Waals surface area (Å²) in [6.45, 7) is 0.00521. The van der Waals surface area contributed by atoms with E-state index in [0.717, 1.165) is 37.6 Å². The summed E-state index contributed by atoms with van der Waals surface area (Å²) in [6.07, 6.45) is 4.89. The Labute approximate surface area is 200 Å². The van der Waals surface area contributed by atoms with Gasteiger partial charge in [0, 0.05) is 31.3 Å². The highest BCUT2D eigenvalue weighted by molar-refractivity contribution is 9.11. The average Bonchev–Trinajstić information content (AvgIpc) is 3.35. The minimum absolute atomic E-state index is 0.00521. The zero-order chi connectivity index (χ0) is 23.5. The number of urea groups is 1. The van der Waals surface area contributed by atoms with Crippen molar-refractivity contribution in [2.75, 3.05) is 35.9 Å². The highest BCUT2D eigenvalue weighted by atomic mass is 79.9. The normalized spacial score (nSPS) is 14.4. The lowest BCUT2D eigenvalue weighted by Gasteiger charge is -2.18. The van der Waals surface area contributed by atoms with Crippen molar-refractivity contribution < 1.29 is 18.0 Å². The first-order valence-electron chi connectivity index (χ1n) is 10.1. The smallest absolute Gasteiger partial charge is 0.325 e. The van der Waals surface area contributed by atoms with Gasteiger partial charge < -0.3 is 10.2 Å². The van der Waals surface area contributed by atoms with Crippen LogP contribution in [0.5, 0.6) is 0 Å². The molecule has 12 heteroatoms. The minimum Gasteiger partial charge on any atom is -0.378 e. The van der Waals surface area contributed by atoms with Crippen LogP contribution in [0.3, 0.4) is 0 Å². The molecule has 1 aliphatic rings. The molecule has 0 bridgehead atoms. The Morgan fingerprint density at radius 3 is 2.53 bits per heavy atom. The van der Waals surface area contributed by atoms with Crippen LogP contribution in [0, 0.1) is 5.92 Å². The number of carbonyl (C=O) groups excluding carboxylic acids is 2. The van der Waals surface area contributed by atoms with Gasteiger partial charge in [-0.15, -0.1) is 0 Å². The molecule has 0 radical (unpaired) electrons. The van der Waals surface area contributed by atoms with Gasteiger partial charge in [-0.05, 0) is 47.0 Å². The van der Waals surface area contributed by atoms with Gasteiger partial charge in [0.15, 0.2) is 10.9 Å². The van der Waals surface area contributed by atoms with E-state index < -0.39 is 16.1 Å². The average molecular weight is 544 g/mol. The summed E-state index contributed by atoms with van der Waals surface area (Å²) in [6, 6.07) is 4.85. The number of sulfonamides is 1. The summed E-state index contributed by atoms with van der Waals surface area (Å²) in [5.74, 6) is 0.0310. The Hall–Kier alpha value is -2.02. The van der Waals surface area contributed by atoms with Gasteiger partial charge in [-0.3, -0.25) is 10.1 Å². The van der Waals surface area contributed by atoms with Crippen molar-refractivity contribution in [1.82, 2.24) is 9.71 Å².